The summed E-state index contributed by atoms with van der Waals surface area (Å²) < 4.78 is 217. The smallest absolute Gasteiger partial charge is 0.379 e. The molecule has 1 heterocycles. The normalized spacial score (nSPS) is 18.0. The standard InChI is InChI=1S/C16H16F16N2O2/c17-8(18)10(19,20)12(23,24)14(27,28)16(31,32)15(29,30)13(25,26)11(21,22)9(35)33-2-1-3-34-4-6-36-7-5-34/h8H,1-7H2,(H,33,35). The average Bonchev–Trinajstić information content (AvgIpc) is 2.76. The number of alkyl halides is 16. The van der Waals surface area contributed by atoms with Crippen molar-refractivity contribution in [3.8, 4) is 0 Å². The number of nitrogens with zero attached hydrogens (tertiary/aromatic N) is 1. The molecule has 0 aromatic rings. The Balaban J connectivity index is 3.16. The largest absolute Gasteiger partial charge is 0.392 e. The quantitative estimate of drug-likeness (QED) is 0.276. The Morgan fingerprint density at radius 3 is 1.58 bits per heavy atom. The van der Waals surface area contributed by atoms with Crippen molar-refractivity contribution in [1.82, 2.24) is 10.2 Å². The molecule has 0 unspecified atom stereocenters. The van der Waals surface area contributed by atoms with Gasteiger partial charge in [0.1, 0.15) is 0 Å². The van der Waals surface area contributed by atoms with Gasteiger partial charge in [-0.1, -0.05) is 0 Å². The van der Waals surface area contributed by atoms with E-state index in [1.165, 1.54) is 0 Å². The molecule has 1 fully saturated rings. The number of rotatable bonds is 12. The molecule has 0 aliphatic carbocycles. The van der Waals surface area contributed by atoms with Gasteiger partial charge in [0.15, 0.2) is 0 Å². The van der Waals surface area contributed by atoms with Crippen LogP contribution in [0.5, 0.6) is 0 Å². The van der Waals surface area contributed by atoms with E-state index in [4.69, 9.17) is 4.74 Å². The molecule has 214 valence electrons. The maximum Gasteiger partial charge on any atom is 0.392 e. The molecule has 1 saturated heterocycles. The number of morpholine rings is 1. The van der Waals surface area contributed by atoms with Crippen LogP contribution in [-0.4, -0.2) is 98.1 Å². The third kappa shape index (κ3) is 5.02. The summed E-state index contributed by atoms with van der Waals surface area (Å²) >= 11 is 0. The molecule has 0 atom stereocenters. The van der Waals surface area contributed by atoms with Crippen molar-refractivity contribution in [3.63, 3.8) is 0 Å². The van der Waals surface area contributed by atoms with E-state index >= 15 is 0 Å². The summed E-state index contributed by atoms with van der Waals surface area (Å²) in [7, 11) is 0. The van der Waals surface area contributed by atoms with Gasteiger partial charge in [0.25, 0.3) is 5.91 Å². The van der Waals surface area contributed by atoms with Crippen LogP contribution in [0.1, 0.15) is 6.42 Å². The fourth-order valence-electron chi connectivity index (χ4n) is 2.72. The number of ether oxygens (including phenoxy) is 1. The highest BCUT2D eigenvalue weighted by molar-refractivity contribution is 5.84. The molecule has 0 aromatic carbocycles. The van der Waals surface area contributed by atoms with Crippen LogP contribution in [0.25, 0.3) is 0 Å². The van der Waals surface area contributed by atoms with Crippen molar-refractivity contribution in [1.29, 1.82) is 0 Å². The van der Waals surface area contributed by atoms with E-state index in [2.05, 4.69) is 0 Å². The number of hydrogen-bond acceptors (Lipinski definition) is 3. The topological polar surface area (TPSA) is 41.6 Å². The Hall–Kier alpha value is -1.73. The lowest BCUT2D eigenvalue weighted by atomic mass is 9.89. The van der Waals surface area contributed by atoms with Gasteiger partial charge in [-0.05, 0) is 13.0 Å². The van der Waals surface area contributed by atoms with Gasteiger partial charge < -0.3 is 10.1 Å². The first-order valence-corrected chi connectivity index (χ1v) is 9.45. The van der Waals surface area contributed by atoms with E-state index in [1.54, 1.807) is 4.90 Å². The predicted octanol–water partition coefficient (Wildman–Crippen LogP) is 4.54. The molecule has 1 rings (SSSR count). The van der Waals surface area contributed by atoms with Gasteiger partial charge in [-0.2, -0.15) is 61.5 Å². The summed E-state index contributed by atoms with van der Waals surface area (Å²) in [5.74, 6) is -59.4. The lowest BCUT2D eigenvalue weighted by molar-refractivity contribution is -0.443. The Morgan fingerprint density at radius 2 is 1.14 bits per heavy atom. The molecule has 0 radical (unpaired) electrons. The van der Waals surface area contributed by atoms with E-state index in [0.29, 0.717) is 13.1 Å². The number of carbonyl (C=O) groups excluding carboxylic acids is 1. The second-order valence-corrected chi connectivity index (χ2v) is 7.43. The minimum absolute atomic E-state index is 0.000507. The van der Waals surface area contributed by atoms with Crippen molar-refractivity contribution in [2.75, 3.05) is 39.4 Å². The van der Waals surface area contributed by atoms with Gasteiger partial charge >= 0.3 is 47.9 Å². The zero-order valence-electron chi connectivity index (χ0n) is 17.3. The van der Waals surface area contributed by atoms with E-state index in [-0.39, 0.29) is 26.2 Å². The van der Waals surface area contributed by atoms with Crippen molar-refractivity contribution in [2.45, 2.75) is 54.3 Å². The Labute approximate surface area is 190 Å². The van der Waals surface area contributed by atoms with Crippen LogP contribution in [0.3, 0.4) is 0 Å². The second-order valence-electron chi connectivity index (χ2n) is 7.43. The first kappa shape index (κ1) is 32.3. The fraction of sp³-hybridized carbons (Fsp3) is 0.938. The maximum absolute atomic E-state index is 13.7. The molecule has 0 aromatic heterocycles. The summed E-state index contributed by atoms with van der Waals surface area (Å²) in [4.78, 5) is 12.9. The van der Waals surface area contributed by atoms with Gasteiger partial charge in [-0.15, -0.1) is 0 Å². The Kier molecular flexibility index (Phi) is 9.15. The van der Waals surface area contributed by atoms with Crippen LogP contribution in [0.2, 0.25) is 0 Å². The van der Waals surface area contributed by atoms with Crippen molar-refractivity contribution in [3.05, 3.63) is 0 Å². The van der Waals surface area contributed by atoms with Gasteiger partial charge in [-0.25, -0.2) is 8.78 Å². The molecule has 1 aliphatic rings. The Morgan fingerprint density at radius 1 is 0.722 bits per heavy atom. The van der Waals surface area contributed by atoms with Crippen LogP contribution >= 0.6 is 0 Å². The van der Waals surface area contributed by atoms with E-state index in [1.807, 2.05) is 0 Å². The lowest BCUT2D eigenvalue weighted by Gasteiger charge is -2.42. The number of halogens is 16. The highest BCUT2D eigenvalue weighted by Crippen LogP contribution is 2.62. The summed E-state index contributed by atoms with van der Waals surface area (Å²) in [6, 6.07) is 0. The van der Waals surface area contributed by atoms with Gasteiger partial charge in [-0.3, -0.25) is 9.69 Å². The monoisotopic (exact) mass is 572 g/mol. The Bertz CT molecular complexity index is 767. The fourth-order valence-corrected chi connectivity index (χ4v) is 2.72. The molecule has 4 nitrogen and oxygen atoms in total. The third-order valence-corrected chi connectivity index (χ3v) is 4.99. The first-order chi connectivity index (χ1) is 15.9. The van der Waals surface area contributed by atoms with Crippen LogP contribution in [0.15, 0.2) is 0 Å². The molecule has 0 spiro atoms. The molecule has 20 heteroatoms. The van der Waals surface area contributed by atoms with Crippen LogP contribution in [-0.2, 0) is 9.53 Å². The molecule has 1 amide bonds. The van der Waals surface area contributed by atoms with Crippen molar-refractivity contribution < 1.29 is 79.8 Å². The van der Waals surface area contributed by atoms with Gasteiger partial charge in [0.2, 0.25) is 0 Å². The zero-order valence-corrected chi connectivity index (χ0v) is 17.3. The molecule has 1 aliphatic heterocycles. The molecule has 0 bridgehead atoms. The first-order valence-electron chi connectivity index (χ1n) is 9.45. The summed E-state index contributed by atoms with van der Waals surface area (Å²) in [6.45, 7) is 0.137. The number of amides is 1. The molecular formula is C16H16F16N2O2. The third-order valence-electron chi connectivity index (χ3n) is 4.99. The summed E-state index contributed by atoms with van der Waals surface area (Å²) in [5, 5.41) is 0.940. The van der Waals surface area contributed by atoms with E-state index in [0.717, 1.165) is 5.32 Å². The van der Waals surface area contributed by atoms with Crippen molar-refractivity contribution >= 4 is 5.91 Å². The molecule has 1 N–H and O–H groups in total. The minimum atomic E-state index is -8.52. The predicted molar refractivity (Wildman–Crippen MR) is 85.5 cm³/mol. The average molecular weight is 572 g/mol. The van der Waals surface area contributed by atoms with Crippen LogP contribution < -0.4 is 5.32 Å². The molecular weight excluding hydrogens is 556 g/mol. The number of carbonyl (C=O) groups is 1. The van der Waals surface area contributed by atoms with Gasteiger partial charge in [0, 0.05) is 19.6 Å². The van der Waals surface area contributed by atoms with Crippen LogP contribution in [0, 0.1) is 0 Å². The second kappa shape index (κ2) is 10.2. The van der Waals surface area contributed by atoms with Crippen LogP contribution in [0.4, 0.5) is 70.2 Å². The zero-order chi connectivity index (χ0) is 28.6. The van der Waals surface area contributed by atoms with Gasteiger partial charge in [0.05, 0.1) is 13.2 Å². The summed E-state index contributed by atoms with van der Waals surface area (Å²) in [6.07, 6.45) is -6.22. The number of hydrogen-bond donors (Lipinski definition) is 1. The van der Waals surface area contributed by atoms with E-state index in [9.17, 15) is 75.0 Å². The maximum atomic E-state index is 13.7. The lowest BCUT2D eigenvalue weighted by Crippen LogP contribution is -2.74. The highest BCUT2D eigenvalue weighted by atomic mass is 19.4. The highest BCUT2D eigenvalue weighted by Gasteiger charge is 2.94. The molecule has 36 heavy (non-hydrogen) atoms. The van der Waals surface area contributed by atoms with E-state index < -0.39 is 60.3 Å². The summed E-state index contributed by atoms with van der Waals surface area (Å²) in [5.41, 5.74) is 0. The molecule has 0 saturated carbocycles. The SMILES string of the molecule is O=C(NCCCN1CCOCC1)C(F)(F)C(F)(F)C(F)(F)C(F)(F)C(F)(F)C(F)(F)C(F)(F)C(F)F. The minimum Gasteiger partial charge on any atom is -0.379 e. The van der Waals surface area contributed by atoms with Crippen molar-refractivity contribution in [2.24, 2.45) is 0 Å². The number of nitrogens with one attached hydrogen (secondary N) is 1.